The molecule has 1 aromatic heterocycles. The Bertz CT molecular complexity index is 826. The summed E-state index contributed by atoms with van der Waals surface area (Å²) in [7, 11) is 3.59. The first-order valence-electron chi connectivity index (χ1n) is 11.4. The Balaban J connectivity index is 1.31. The molecule has 0 spiro atoms. The van der Waals surface area contributed by atoms with Crippen molar-refractivity contribution in [2.45, 2.75) is 51.0 Å². The molecule has 1 saturated heterocycles. The summed E-state index contributed by atoms with van der Waals surface area (Å²) in [6, 6.07) is 0. The Morgan fingerprint density at radius 2 is 1.77 bits per heavy atom. The van der Waals surface area contributed by atoms with Crippen molar-refractivity contribution in [2.75, 3.05) is 46.8 Å². The highest BCUT2D eigenvalue weighted by molar-refractivity contribution is 5.84. The van der Waals surface area contributed by atoms with Gasteiger partial charge >= 0.3 is 0 Å². The molecule has 30 heavy (non-hydrogen) atoms. The Labute approximate surface area is 178 Å². The van der Waals surface area contributed by atoms with E-state index in [-0.39, 0.29) is 16.9 Å². The number of hydrogen-bond donors (Lipinski definition) is 0. The summed E-state index contributed by atoms with van der Waals surface area (Å²) in [6.45, 7) is 5.40. The summed E-state index contributed by atoms with van der Waals surface area (Å²) < 4.78 is 2.10. The molecule has 6 rings (SSSR count). The van der Waals surface area contributed by atoms with Gasteiger partial charge < -0.3 is 9.80 Å². The van der Waals surface area contributed by atoms with Crippen LogP contribution in [0.15, 0.2) is 6.33 Å². The van der Waals surface area contributed by atoms with Crippen LogP contribution in [0.1, 0.15) is 44.3 Å². The van der Waals surface area contributed by atoms with Crippen molar-refractivity contribution in [2.24, 2.45) is 17.3 Å². The molecule has 4 bridgehead atoms. The third-order valence-corrected chi connectivity index (χ3v) is 8.09. The topological polar surface area (TPSA) is 74.6 Å². The predicted molar refractivity (Wildman–Crippen MR) is 112 cm³/mol. The standard InChI is InChI=1S/C22H34N6O2/c1-16-23-15-28(24-16)22-11-17-8-18(12-22)10-21(9-17,14-22)20(30)27-6-4-26(5-7-27)13-19(29)25(2)3/h15,17-18H,4-14H2,1-3H3/t17-,18+,21?,22?. The summed E-state index contributed by atoms with van der Waals surface area (Å²) in [4.78, 5) is 36.2. The molecule has 0 N–H and O–H groups in total. The van der Waals surface area contributed by atoms with Gasteiger partial charge in [0.25, 0.3) is 0 Å². The Kier molecular flexibility index (Phi) is 4.69. The van der Waals surface area contributed by atoms with Crippen LogP contribution in [0, 0.1) is 24.2 Å². The van der Waals surface area contributed by atoms with E-state index >= 15 is 0 Å². The maximum atomic E-state index is 13.9. The normalized spacial score (nSPS) is 35.6. The van der Waals surface area contributed by atoms with E-state index in [0.29, 0.717) is 24.3 Å². The molecule has 2 unspecified atom stereocenters. The van der Waals surface area contributed by atoms with Gasteiger partial charge in [-0.15, -0.1) is 0 Å². The molecular formula is C22H34N6O2. The number of amides is 2. The van der Waals surface area contributed by atoms with Crippen LogP contribution in [0.5, 0.6) is 0 Å². The number of aryl methyl sites for hydroxylation is 1. The monoisotopic (exact) mass is 414 g/mol. The van der Waals surface area contributed by atoms with E-state index in [4.69, 9.17) is 5.10 Å². The molecule has 164 valence electrons. The molecule has 0 aromatic carbocycles. The molecule has 5 aliphatic rings. The highest BCUT2D eigenvalue weighted by Gasteiger charge is 2.62. The first kappa shape index (κ1) is 20.0. The van der Waals surface area contributed by atoms with Crippen LogP contribution >= 0.6 is 0 Å². The lowest BCUT2D eigenvalue weighted by atomic mass is 9.46. The summed E-state index contributed by atoms with van der Waals surface area (Å²) in [6.07, 6.45) is 8.43. The highest BCUT2D eigenvalue weighted by atomic mass is 16.2. The molecule has 8 nitrogen and oxygen atoms in total. The number of piperazine rings is 1. The molecular weight excluding hydrogens is 380 g/mol. The molecule has 2 amide bonds. The minimum absolute atomic E-state index is 0.0268. The summed E-state index contributed by atoms with van der Waals surface area (Å²) >= 11 is 0. The minimum atomic E-state index is -0.231. The van der Waals surface area contributed by atoms with Gasteiger partial charge in [-0.3, -0.25) is 14.5 Å². The zero-order valence-corrected chi connectivity index (χ0v) is 18.5. The van der Waals surface area contributed by atoms with Crippen LogP contribution in [-0.2, 0) is 15.1 Å². The van der Waals surface area contributed by atoms with Gasteiger partial charge in [0.05, 0.1) is 17.5 Å². The maximum absolute atomic E-state index is 13.9. The molecule has 8 heteroatoms. The molecule has 1 aliphatic heterocycles. The summed E-state index contributed by atoms with van der Waals surface area (Å²) in [5.41, 5.74) is -0.257. The Morgan fingerprint density at radius 3 is 2.33 bits per heavy atom. The number of aromatic nitrogens is 3. The van der Waals surface area contributed by atoms with Crippen molar-refractivity contribution in [3.8, 4) is 0 Å². The van der Waals surface area contributed by atoms with Gasteiger partial charge in [0, 0.05) is 40.3 Å². The van der Waals surface area contributed by atoms with Crippen LogP contribution < -0.4 is 0 Å². The minimum Gasteiger partial charge on any atom is -0.348 e. The summed E-state index contributed by atoms with van der Waals surface area (Å²) in [5, 5.41) is 4.69. The predicted octanol–water partition coefficient (Wildman–Crippen LogP) is 1.11. The van der Waals surface area contributed by atoms with E-state index in [1.807, 2.05) is 13.3 Å². The van der Waals surface area contributed by atoms with Crippen LogP contribution in [0.3, 0.4) is 0 Å². The Hall–Kier alpha value is -1.96. The van der Waals surface area contributed by atoms with Gasteiger partial charge in [-0.1, -0.05) is 0 Å². The van der Waals surface area contributed by atoms with Crippen LogP contribution in [-0.4, -0.2) is 88.1 Å². The lowest BCUT2D eigenvalue weighted by molar-refractivity contribution is -0.168. The first-order valence-corrected chi connectivity index (χ1v) is 11.4. The SMILES string of the molecule is Cc1ncn(C23C[C@@H]4C[C@@H](CC(C(=O)N5CCN(CC(=O)N(C)C)CC5)(C4)C2)C3)n1. The molecule has 4 saturated carbocycles. The zero-order valence-electron chi connectivity index (χ0n) is 18.5. The van der Waals surface area contributed by atoms with E-state index in [2.05, 4.69) is 19.5 Å². The van der Waals surface area contributed by atoms with Crippen molar-refractivity contribution >= 4 is 11.8 Å². The van der Waals surface area contributed by atoms with E-state index < -0.39 is 0 Å². The molecule has 0 radical (unpaired) electrons. The third kappa shape index (κ3) is 3.24. The van der Waals surface area contributed by atoms with Crippen LogP contribution in [0.4, 0.5) is 0 Å². The number of hydrogen-bond acceptors (Lipinski definition) is 5. The van der Waals surface area contributed by atoms with Crippen molar-refractivity contribution < 1.29 is 9.59 Å². The fraction of sp³-hybridized carbons (Fsp3) is 0.818. The average Bonchev–Trinajstić information content (AvgIpc) is 3.14. The molecule has 2 heterocycles. The number of nitrogens with zero attached hydrogens (tertiary/aromatic N) is 6. The van der Waals surface area contributed by atoms with Gasteiger partial charge in [0.1, 0.15) is 12.2 Å². The number of carbonyl (C=O) groups excluding carboxylic acids is 2. The van der Waals surface area contributed by atoms with Gasteiger partial charge in [-0.05, 0) is 57.3 Å². The quantitative estimate of drug-likeness (QED) is 0.738. The van der Waals surface area contributed by atoms with Crippen molar-refractivity contribution in [3.05, 3.63) is 12.2 Å². The number of rotatable bonds is 4. The third-order valence-electron chi connectivity index (χ3n) is 8.09. The summed E-state index contributed by atoms with van der Waals surface area (Å²) in [5.74, 6) is 2.55. The Morgan fingerprint density at radius 1 is 1.10 bits per heavy atom. The van der Waals surface area contributed by atoms with Crippen molar-refractivity contribution in [3.63, 3.8) is 0 Å². The van der Waals surface area contributed by atoms with Crippen LogP contribution in [0.2, 0.25) is 0 Å². The van der Waals surface area contributed by atoms with Crippen molar-refractivity contribution in [1.82, 2.24) is 29.5 Å². The largest absolute Gasteiger partial charge is 0.348 e. The van der Waals surface area contributed by atoms with Gasteiger partial charge in [-0.25, -0.2) is 9.67 Å². The lowest BCUT2D eigenvalue weighted by Gasteiger charge is -2.61. The average molecular weight is 415 g/mol. The number of likely N-dealkylation sites (N-methyl/N-ethyl adjacent to an activating group) is 1. The second-order valence-electron chi connectivity index (χ2n) is 10.6. The number of carbonyl (C=O) groups is 2. The van der Waals surface area contributed by atoms with Crippen LogP contribution in [0.25, 0.3) is 0 Å². The van der Waals surface area contributed by atoms with Gasteiger partial charge in [0.15, 0.2) is 0 Å². The van der Waals surface area contributed by atoms with E-state index in [1.54, 1.807) is 19.0 Å². The lowest BCUT2D eigenvalue weighted by Crippen LogP contribution is -2.63. The van der Waals surface area contributed by atoms with Crippen molar-refractivity contribution in [1.29, 1.82) is 0 Å². The first-order chi connectivity index (χ1) is 14.3. The van der Waals surface area contributed by atoms with Gasteiger partial charge in [0.2, 0.25) is 11.8 Å². The van der Waals surface area contributed by atoms with E-state index in [9.17, 15) is 9.59 Å². The zero-order chi connectivity index (χ0) is 21.1. The van der Waals surface area contributed by atoms with Gasteiger partial charge in [-0.2, -0.15) is 5.10 Å². The molecule has 5 fully saturated rings. The van der Waals surface area contributed by atoms with E-state index in [1.165, 1.54) is 6.42 Å². The molecule has 1 aromatic rings. The fourth-order valence-corrected chi connectivity index (χ4v) is 7.08. The second kappa shape index (κ2) is 7.04. The van der Waals surface area contributed by atoms with E-state index in [0.717, 1.165) is 64.1 Å². The smallest absolute Gasteiger partial charge is 0.236 e. The molecule has 4 aliphatic carbocycles. The second-order valence-corrected chi connectivity index (χ2v) is 10.6. The fourth-order valence-electron chi connectivity index (χ4n) is 7.08. The highest BCUT2D eigenvalue weighted by Crippen LogP contribution is 2.64. The maximum Gasteiger partial charge on any atom is 0.236 e. The molecule has 4 atom stereocenters.